The van der Waals surface area contributed by atoms with Crippen LogP contribution in [0.25, 0.3) is 0 Å². The first-order valence-corrected chi connectivity index (χ1v) is 6.05. The summed E-state index contributed by atoms with van der Waals surface area (Å²) in [5, 5.41) is 0. The molecule has 0 saturated carbocycles. The monoisotopic (exact) mass is 242 g/mol. The number of rotatable bonds is 4. The first-order valence-electron chi connectivity index (χ1n) is 5.07. The quantitative estimate of drug-likeness (QED) is 0.816. The number of hydrogen-bond acceptors (Lipinski definition) is 3. The predicted molar refractivity (Wildman–Crippen MR) is 56.7 cm³/mol. The van der Waals surface area contributed by atoms with Gasteiger partial charge < -0.3 is 10.6 Å². The SMILES string of the molecule is CC(N)C1CCN(CCSC(F)(F)F)C1. The topological polar surface area (TPSA) is 29.3 Å². The van der Waals surface area contributed by atoms with Gasteiger partial charge in [-0.05, 0) is 37.6 Å². The van der Waals surface area contributed by atoms with E-state index in [9.17, 15) is 13.2 Å². The van der Waals surface area contributed by atoms with Crippen molar-refractivity contribution in [2.45, 2.75) is 24.9 Å². The first kappa shape index (κ1) is 13.1. The van der Waals surface area contributed by atoms with Crippen LogP contribution in [0.4, 0.5) is 13.2 Å². The van der Waals surface area contributed by atoms with Gasteiger partial charge >= 0.3 is 5.51 Å². The van der Waals surface area contributed by atoms with Crippen molar-refractivity contribution < 1.29 is 13.2 Å². The minimum atomic E-state index is -4.10. The van der Waals surface area contributed by atoms with E-state index in [1.165, 1.54) is 0 Å². The second-order valence-electron chi connectivity index (χ2n) is 4.00. The molecule has 6 heteroatoms. The van der Waals surface area contributed by atoms with Crippen molar-refractivity contribution >= 4 is 11.8 Å². The fourth-order valence-electron chi connectivity index (χ4n) is 1.79. The van der Waals surface area contributed by atoms with Crippen LogP contribution in [0.15, 0.2) is 0 Å². The highest BCUT2D eigenvalue weighted by molar-refractivity contribution is 8.00. The fraction of sp³-hybridized carbons (Fsp3) is 1.00. The molecule has 2 N–H and O–H groups in total. The zero-order valence-electron chi connectivity index (χ0n) is 8.76. The van der Waals surface area contributed by atoms with Gasteiger partial charge in [-0.3, -0.25) is 0 Å². The van der Waals surface area contributed by atoms with Crippen LogP contribution < -0.4 is 5.73 Å². The van der Waals surface area contributed by atoms with E-state index in [2.05, 4.69) is 4.90 Å². The Kier molecular flexibility index (Phi) is 4.73. The van der Waals surface area contributed by atoms with E-state index in [1.807, 2.05) is 6.92 Å². The molecule has 2 nitrogen and oxygen atoms in total. The highest BCUT2D eigenvalue weighted by Crippen LogP contribution is 2.30. The molecule has 1 rings (SSSR count). The molecule has 1 saturated heterocycles. The van der Waals surface area contributed by atoms with Gasteiger partial charge in [0.2, 0.25) is 0 Å². The van der Waals surface area contributed by atoms with Crippen molar-refractivity contribution in [3.05, 3.63) is 0 Å². The number of alkyl halides is 3. The number of hydrogen-bond donors (Lipinski definition) is 1. The number of thioether (sulfide) groups is 1. The lowest BCUT2D eigenvalue weighted by molar-refractivity contribution is -0.0328. The van der Waals surface area contributed by atoms with Gasteiger partial charge in [0.15, 0.2) is 0 Å². The number of likely N-dealkylation sites (tertiary alicyclic amines) is 1. The largest absolute Gasteiger partial charge is 0.441 e. The Morgan fingerprint density at radius 3 is 2.67 bits per heavy atom. The molecule has 0 aromatic rings. The standard InChI is InChI=1S/C9H17F3N2S/c1-7(13)8-2-3-14(6-8)4-5-15-9(10,11)12/h7-8H,2-6,13H2,1H3. The molecule has 1 aliphatic rings. The van der Waals surface area contributed by atoms with E-state index in [0.29, 0.717) is 12.5 Å². The van der Waals surface area contributed by atoms with Crippen LogP contribution in [0, 0.1) is 5.92 Å². The van der Waals surface area contributed by atoms with E-state index >= 15 is 0 Å². The molecule has 0 aromatic carbocycles. The van der Waals surface area contributed by atoms with E-state index in [4.69, 9.17) is 5.73 Å². The van der Waals surface area contributed by atoms with E-state index in [1.54, 1.807) is 0 Å². The van der Waals surface area contributed by atoms with E-state index in [-0.39, 0.29) is 23.6 Å². The van der Waals surface area contributed by atoms with Crippen molar-refractivity contribution in [1.82, 2.24) is 4.90 Å². The summed E-state index contributed by atoms with van der Waals surface area (Å²) in [5.41, 5.74) is 1.65. The van der Waals surface area contributed by atoms with Gasteiger partial charge in [0.25, 0.3) is 0 Å². The lowest BCUT2D eigenvalue weighted by Gasteiger charge is -2.17. The normalized spacial score (nSPS) is 25.8. The van der Waals surface area contributed by atoms with Gasteiger partial charge in [-0.1, -0.05) is 0 Å². The Labute approximate surface area is 92.4 Å². The molecule has 0 spiro atoms. The Morgan fingerprint density at radius 1 is 1.53 bits per heavy atom. The average Bonchev–Trinajstić information content (AvgIpc) is 2.50. The molecule has 0 bridgehead atoms. The molecule has 2 unspecified atom stereocenters. The van der Waals surface area contributed by atoms with Crippen LogP contribution in [-0.2, 0) is 0 Å². The first-order chi connectivity index (χ1) is 6.88. The maximum atomic E-state index is 11.9. The van der Waals surface area contributed by atoms with Crippen molar-refractivity contribution in [2.24, 2.45) is 11.7 Å². The summed E-state index contributed by atoms with van der Waals surface area (Å²) in [6.07, 6.45) is 1.01. The molecule has 1 aliphatic heterocycles. The second-order valence-corrected chi connectivity index (χ2v) is 5.16. The molecule has 0 radical (unpaired) electrons. The number of halogens is 3. The molecule has 15 heavy (non-hydrogen) atoms. The number of nitrogens with zero attached hydrogens (tertiary/aromatic N) is 1. The minimum absolute atomic E-state index is 0.0571. The van der Waals surface area contributed by atoms with Gasteiger partial charge in [0.1, 0.15) is 0 Å². The Hall–Kier alpha value is 0.0600. The zero-order valence-corrected chi connectivity index (χ0v) is 9.57. The molecular formula is C9H17F3N2S. The summed E-state index contributed by atoms with van der Waals surface area (Å²) < 4.78 is 35.6. The molecule has 90 valence electrons. The highest BCUT2D eigenvalue weighted by atomic mass is 32.2. The van der Waals surface area contributed by atoms with Crippen LogP contribution >= 0.6 is 11.8 Å². The summed E-state index contributed by atoms with van der Waals surface area (Å²) >= 11 is 0.0571. The average molecular weight is 242 g/mol. The molecule has 1 heterocycles. The maximum absolute atomic E-state index is 11.9. The zero-order chi connectivity index (χ0) is 11.5. The van der Waals surface area contributed by atoms with Crippen molar-refractivity contribution in [3.63, 3.8) is 0 Å². The fourth-order valence-corrected chi connectivity index (χ4v) is 2.37. The highest BCUT2D eigenvalue weighted by Gasteiger charge is 2.29. The van der Waals surface area contributed by atoms with E-state index in [0.717, 1.165) is 19.5 Å². The lowest BCUT2D eigenvalue weighted by atomic mass is 10.0. The summed E-state index contributed by atoms with van der Waals surface area (Å²) in [4.78, 5) is 2.06. The third-order valence-electron chi connectivity index (χ3n) is 2.73. The van der Waals surface area contributed by atoms with Crippen LogP contribution in [0.5, 0.6) is 0 Å². The van der Waals surface area contributed by atoms with Gasteiger partial charge in [0.05, 0.1) is 0 Å². The Bertz CT molecular complexity index is 196. The molecule has 1 fully saturated rings. The summed E-state index contributed by atoms with van der Waals surface area (Å²) in [6, 6.07) is 0.144. The second kappa shape index (κ2) is 5.41. The van der Waals surface area contributed by atoms with Gasteiger partial charge in [-0.15, -0.1) is 0 Å². The summed E-state index contributed by atoms with van der Waals surface area (Å²) in [7, 11) is 0. The van der Waals surface area contributed by atoms with Crippen LogP contribution in [0.2, 0.25) is 0 Å². The lowest BCUT2D eigenvalue weighted by Crippen LogP contribution is -2.30. The van der Waals surface area contributed by atoms with E-state index < -0.39 is 5.51 Å². The van der Waals surface area contributed by atoms with Crippen molar-refractivity contribution in [1.29, 1.82) is 0 Å². The van der Waals surface area contributed by atoms with Gasteiger partial charge in [-0.25, -0.2) is 0 Å². The van der Waals surface area contributed by atoms with Crippen LogP contribution in [0.1, 0.15) is 13.3 Å². The Morgan fingerprint density at radius 2 is 2.20 bits per heavy atom. The molecule has 2 atom stereocenters. The minimum Gasteiger partial charge on any atom is -0.328 e. The number of nitrogens with two attached hydrogens (primary N) is 1. The van der Waals surface area contributed by atoms with Crippen LogP contribution in [0.3, 0.4) is 0 Å². The maximum Gasteiger partial charge on any atom is 0.441 e. The smallest absolute Gasteiger partial charge is 0.328 e. The third kappa shape index (κ3) is 5.08. The van der Waals surface area contributed by atoms with Crippen molar-refractivity contribution in [2.75, 3.05) is 25.4 Å². The van der Waals surface area contributed by atoms with Gasteiger partial charge in [0, 0.05) is 24.9 Å². The van der Waals surface area contributed by atoms with Crippen molar-refractivity contribution in [3.8, 4) is 0 Å². The van der Waals surface area contributed by atoms with Gasteiger partial charge in [-0.2, -0.15) is 13.2 Å². The predicted octanol–water partition coefficient (Wildman–Crippen LogP) is 1.91. The molecule has 0 amide bonds. The molecular weight excluding hydrogens is 225 g/mol. The third-order valence-corrected chi connectivity index (χ3v) is 3.44. The molecule has 0 aliphatic carbocycles. The van der Waals surface area contributed by atoms with Crippen LogP contribution in [-0.4, -0.2) is 41.8 Å². The Balaban J connectivity index is 2.14. The summed E-state index contributed by atoms with van der Waals surface area (Å²) in [6.45, 7) is 4.19. The summed E-state index contributed by atoms with van der Waals surface area (Å²) in [5.74, 6) is 0.565. The molecule has 0 aromatic heterocycles.